The van der Waals surface area contributed by atoms with E-state index in [4.69, 9.17) is 0 Å². The van der Waals surface area contributed by atoms with Gasteiger partial charge >= 0.3 is 0 Å². The van der Waals surface area contributed by atoms with Gasteiger partial charge in [0.1, 0.15) is 0 Å². The van der Waals surface area contributed by atoms with Crippen LogP contribution in [0, 0.1) is 12.8 Å². The summed E-state index contributed by atoms with van der Waals surface area (Å²) < 4.78 is 27.9. The van der Waals surface area contributed by atoms with E-state index in [1.54, 1.807) is 18.3 Å². The number of aryl methyl sites for hydroxylation is 1. The van der Waals surface area contributed by atoms with E-state index in [-0.39, 0.29) is 6.04 Å². The van der Waals surface area contributed by atoms with Gasteiger partial charge in [0, 0.05) is 17.6 Å². The van der Waals surface area contributed by atoms with Gasteiger partial charge in [0.2, 0.25) is 10.0 Å². The first kappa shape index (κ1) is 13.5. The van der Waals surface area contributed by atoms with Gasteiger partial charge in [-0.15, -0.1) is 0 Å². The molecule has 5 heteroatoms. The van der Waals surface area contributed by atoms with Gasteiger partial charge in [0.15, 0.2) is 0 Å². The van der Waals surface area contributed by atoms with Gasteiger partial charge in [-0.3, -0.25) is 4.98 Å². The number of rotatable bonds is 4. The van der Waals surface area contributed by atoms with Crippen molar-refractivity contribution in [3.63, 3.8) is 0 Å². The lowest BCUT2D eigenvalue weighted by molar-refractivity contribution is 0.539. The van der Waals surface area contributed by atoms with Crippen LogP contribution >= 0.6 is 0 Å². The number of hydrogen-bond donors (Lipinski definition) is 1. The van der Waals surface area contributed by atoms with Crippen molar-refractivity contribution in [1.29, 1.82) is 0 Å². The van der Waals surface area contributed by atoms with Gasteiger partial charge in [0.25, 0.3) is 0 Å². The number of aromatic nitrogens is 1. The Kier molecular flexibility index (Phi) is 3.26. The van der Waals surface area contributed by atoms with E-state index in [0.717, 1.165) is 23.9 Å². The van der Waals surface area contributed by atoms with Crippen molar-refractivity contribution >= 4 is 20.9 Å². The third-order valence-electron chi connectivity index (χ3n) is 3.89. The average molecular weight is 290 g/mol. The molecule has 1 aliphatic carbocycles. The summed E-state index contributed by atoms with van der Waals surface area (Å²) in [6, 6.07) is 7.05. The fraction of sp³-hybridized carbons (Fsp3) is 0.400. The normalized spacial score (nSPS) is 17.3. The minimum absolute atomic E-state index is 0.00646. The van der Waals surface area contributed by atoms with Gasteiger partial charge in [-0.25, -0.2) is 13.1 Å². The highest BCUT2D eigenvalue weighted by Gasteiger charge is 2.31. The molecule has 0 saturated heterocycles. The lowest BCUT2D eigenvalue weighted by atomic mass is 10.1. The van der Waals surface area contributed by atoms with Crippen LogP contribution in [0.1, 0.15) is 25.3 Å². The van der Waals surface area contributed by atoms with Crippen LogP contribution in [0.3, 0.4) is 0 Å². The summed E-state index contributed by atoms with van der Waals surface area (Å²) in [6.07, 6.45) is 3.91. The van der Waals surface area contributed by atoms with E-state index in [1.807, 2.05) is 26.0 Å². The largest absolute Gasteiger partial charge is 0.256 e. The van der Waals surface area contributed by atoms with Crippen LogP contribution in [-0.2, 0) is 10.0 Å². The number of pyridine rings is 1. The molecule has 106 valence electrons. The fourth-order valence-corrected chi connectivity index (χ4v) is 4.03. The molecule has 0 spiro atoms. The van der Waals surface area contributed by atoms with Crippen molar-refractivity contribution in [2.45, 2.75) is 37.6 Å². The van der Waals surface area contributed by atoms with Crippen LogP contribution in [-0.4, -0.2) is 19.4 Å². The molecule has 1 aliphatic rings. The highest BCUT2D eigenvalue weighted by atomic mass is 32.2. The minimum Gasteiger partial charge on any atom is -0.256 e. The second kappa shape index (κ2) is 4.82. The predicted molar refractivity (Wildman–Crippen MR) is 79.0 cm³/mol. The molecule has 0 amide bonds. The molecule has 3 rings (SSSR count). The van der Waals surface area contributed by atoms with Crippen LogP contribution in [0.5, 0.6) is 0 Å². The Morgan fingerprint density at radius 1 is 1.30 bits per heavy atom. The molecule has 0 aliphatic heterocycles. The number of nitrogens with zero attached hydrogens (tertiary/aromatic N) is 1. The van der Waals surface area contributed by atoms with Crippen molar-refractivity contribution in [3.05, 3.63) is 36.0 Å². The first-order valence-corrected chi connectivity index (χ1v) is 8.34. The summed E-state index contributed by atoms with van der Waals surface area (Å²) >= 11 is 0. The molecular formula is C15H18N2O2S. The third kappa shape index (κ3) is 2.43. The highest BCUT2D eigenvalue weighted by molar-refractivity contribution is 7.89. The van der Waals surface area contributed by atoms with Crippen molar-refractivity contribution in [3.8, 4) is 0 Å². The zero-order chi connectivity index (χ0) is 14.3. The molecular weight excluding hydrogens is 272 g/mol. The summed E-state index contributed by atoms with van der Waals surface area (Å²) in [5, 5.41) is 0.683. The monoisotopic (exact) mass is 290 g/mol. The Labute approximate surface area is 119 Å². The van der Waals surface area contributed by atoms with E-state index >= 15 is 0 Å². The first-order valence-electron chi connectivity index (χ1n) is 6.86. The molecule has 1 atom stereocenters. The Bertz CT molecular complexity index is 752. The van der Waals surface area contributed by atoms with Crippen molar-refractivity contribution in [1.82, 2.24) is 9.71 Å². The smallest absolute Gasteiger partial charge is 0.241 e. The topological polar surface area (TPSA) is 59.1 Å². The lowest BCUT2D eigenvalue weighted by Crippen LogP contribution is -2.34. The Morgan fingerprint density at radius 3 is 2.75 bits per heavy atom. The Morgan fingerprint density at radius 2 is 2.05 bits per heavy atom. The number of benzene rings is 1. The molecule has 20 heavy (non-hydrogen) atoms. The zero-order valence-electron chi connectivity index (χ0n) is 11.6. The molecule has 1 heterocycles. The second-order valence-electron chi connectivity index (χ2n) is 5.53. The summed E-state index contributed by atoms with van der Waals surface area (Å²) in [7, 11) is -3.50. The van der Waals surface area contributed by atoms with Gasteiger partial charge in [-0.05, 0) is 56.4 Å². The summed E-state index contributed by atoms with van der Waals surface area (Å²) in [5.74, 6) is 0.486. The highest BCUT2D eigenvalue weighted by Crippen LogP contribution is 2.33. The number of sulfonamides is 1. The molecule has 2 aromatic rings. The van der Waals surface area contributed by atoms with Crippen LogP contribution in [0.2, 0.25) is 0 Å². The van der Waals surface area contributed by atoms with Crippen molar-refractivity contribution in [2.24, 2.45) is 5.92 Å². The van der Waals surface area contributed by atoms with E-state index in [9.17, 15) is 8.42 Å². The van der Waals surface area contributed by atoms with E-state index in [2.05, 4.69) is 9.71 Å². The van der Waals surface area contributed by atoms with E-state index in [0.29, 0.717) is 16.2 Å². The maximum atomic E-state index is 12.6. The van der Waals surface area contributed by atoms with Gasteiger partial charge in [-0.2, -0.15) is 0 Å². The minimum atomic E-state index is -3.50. The standard InChI is InChI=1S/C15H18N2O2S/c1-10-5-8-14(13-4-3-9-16-15(10)13)20(18,19)17-11(2)12-6-7-12/h3-5,8-9,11-12,17H,6-7H2,1-2H3/t11-/m1/s1. The second-order valence-corrected chi connectivity index (χ2v) is 7.21. The molecule has 1 N–H and O–H groups in total. The fourth-order valence-electron chi connectivity index (χ4n) is 2.52. The summed E-state index contributed by atoms with van der Waals surface area (Å²) in [6.45, 7) is 3.87. The van der Waals surface area contributed by atoms with Crippen molar-refractivity contribution < 1.29 is 8.42 Å². The molecule has 4 nitrogen and oxygen atoms in total. The SMILES string of the molecule is Cc1ccc(S(=O)(=O)N[C@H](C)C2CC2)c2cccnc12. The van der Waals surface area contributed by atoms with Gasteiger partial charge < -0.3 is 0 Å². The Hall–Kier alpha value is -1.46. The number of fused-ring (bicyclic) bond motifs is 1. The van der Waals surface area contributed by atoms with Crippen LogP contribution in [0.4, 0.5) is 0 Å². The molecule has 1 aromatic heterocycles. The lowest BCUT2D eigenvalue weighted by Gasteiger charge is -2.15. The summed E-state index contributed by atoms with van der Waals surface area (Å²) in [4.78, 5) is 4.61. The number of hydrogen-bond acceptors (Lipinski definition) is 3. The third-order valence-corrected chi connectivity index (χ3v) is 5.51. The van der Waals surface area contributed by atoms with Gasteiger partial charge in [-0.1, -0.05) is 6.07 Å². The molecule has 0 bridgehead atoms. The molecule has 1 saturated carbocycles. The van der Waals surface area contributed by atoms with Crippen molar-refractivity contribution in [2.75, 3.05) is 0 Å². The van der Waals surface area contributed by atoms with E-state index < -0.39 is 10.0 Å². The van der Waals surface area contributed by atoms with Gasteiger partial charge in [0.05, 0.1) is 10.4 Å². The molecule has 1 fully saturated rings. The first-order chi connectivity index (χ1) is 9.49. The number of nitrogens with one attached hydrogen (secondary N) is 1. The predicted octanol–water partition coefficient (Wildman–Crippen LogP) is 2.62. The Balaban J connectivity index is 2.07. The van der Waals surface area contributed by atoms with Crippen LogP contribution < -0.4 is 4.72 Å². The molecule has 1 aromatic carbocycles. The quantitative estimate of drug-likeness (QED) is 0.941. The van der Waals surface area contributed by atoms with Crippen LogP contribution in [0.15, 0.2) is 35.4 Å². The zero-order valence-corrected chi connectivity index (χ0v) is 12.4. The maximum absolute atomic E-state index is 12.6. The maximum Gasteiger partial charge on any atom is 0.241 e. The van der Waals surface area contributed by atoms with E-state index in [1.165, 1.54) is 0 Å². The van der Waals surface area contributed by atoms with Crippen LogP contribution in [0.25, 0.3) is 10.9 Å². The summed E-state index contributed by atoms with van der Waals surface area (Å²) in [5.41, 5.74) is 1.73. The molecule has 0 radical (unpaired) electrons. The molecule has 0 unspecified atom stereocenters. The average Bonchev–Trinajstić information content (AvgIpc) is 3.23.